The molecule has 0 bridgehead atoms. The second-order valence-corrected chi connectivity index (χ2v) is 5.16. The SMILES string of the molecule is CC(C)c1nn(Cc2cncnc2)c(=O)n1C(C)C. The highest BCUT2D eigenvalue weighted by atomic mass is 16.2. The van der Waals surface area contributed by atoms with Gasteiger partial charge in [-0.2, -0.15) is 5.10 Å². The third-order valence-electron chi connectivity index (χ3n) is 2.88. The van der Waals surface area contributed by atoms with Gasteiger partial charge in [0, 0.05) is 29.9 Å². The first kappa shape index (κ1) is 13.5. The van der Waals surface area contributed by atoms with Crippen LogP contribution in [0.1, 0.15) is 51.0 Å². The van der Waals surface area contributed by atoms with Crippen LogP contribution in [-0.4, -0.2) is 24.3 Å². The summed E-state index contributed by atoms with van der Waals surface area (Å²) in [6.07, 6.45) is 4.87. The van der Waals surface area contributed by atoms with E-state index < -0.39 is 0 Å². The van der Waals surface area contributed by atoms with Crippen molar-refractivity contribution < 1.29 is 0 Å². The van der Waals surface area contributed by atoms with Crippen molar-refractivity contribution in [2.24, 2.45) is 0 Å². The van der Waals surface area contributed by atoms with Crippen molar-refractivity contribution in [3.63, 3.8) is 0 Å². The Morgan fingerprint density at radius 2 is 1.79 bits per heavy atom. The van der Waals surface area contributed by atoms with Crippen molar-refractivity contribution in [3.8, 4) is 0 Å². The van der Waals surface area contributed by atoms with Gasteiger partial charge in [-0.15, -0.1) is 0 Å². The number of nitrogens with zero attached hydrogens (tertiary/aromatic N) is 5. The predicted molar refractivity (Wildman–Crippen MR) is 72.1 cm³/mol. The minimum absolute atomic E-state index is 0.0810. The lowest BCUT2D eigenvalue weighted by molar-refractivity contribution is 0.531. The molecule has 0 atom stereocenters. The molecular formula is C13H19N5O. The monoisotopic (exact) mass is 261 g/mol. The fourth-order valence-electron chi connectivity index (χ4n) is 2.00. The standard InChI is InChI=1S/C13H19N5O/c1-9(2)12-16-17(13(19)18(12)10(3)4)7-11-5-14-8-15-6-11/h5-6,8-10H,7H2,1-4H3. The third-order valence-corrected chi connectivity index (χ3v) is 2.88. The number of hydrogen-bond donors (Lipinski definition) is 0. The molecule has 0 aromatic carbocycles. The summed E-state index contributed by atoms with van der Waals surface area (Å²) in [5, 5.41) is 4.44. The van der Waals surface area contributed by atoms with Crippen LogP contribution in [0.5, 0.6) is 0 Å². The number of hydrogen-bond acceptors (Lipinski definition) is 4. The lowest BCUT2D eigenvalue weighted by Crippen LogP contribution is -2.27. The minimum Gasteiger partial charge on any atom is -0.276 e. The Balaban J connectivity index is 2.43. The van der Waals surface area contributed by atoms with Crippen LogP contribution in [-0.2, 0) is 6.54 Å². The Bertz CT molecular complexity index is 597. The molecule has 0 aliphatic heterocycles. The van der Waals surface area contributed by atoms with Crippen LogP contribution in [0.2, 0.25) is 0 Å². The highest BCUT2D eigenvalue weighted by molar-refractivity contribution is 5.04. The summed E-state index contributed by atoms with van der Waals surface area (Å²) >= 11 is 0. The Morgan fingerprint density at radius 1 is 1.16 bits per heavy atom. The molecule has 6 nitrogen and oxygen atoms in total. The van der Waals surface area contributed by atoms with E-state index in [4.69, 9.17) is 0 Å². The molecule has 0 radical (unpaired) electrons. The summed E-state index contributed by atoms with van der Waals surface area (Å²) in [5.41, 5.74) is 0.788. The van der Waals surface area contributed by atoms with Crippen LogP contribution in [0.3, 0.4) is 0 Å². The Kier molecular flexibility index (Phi) is 3.78. The normalized spacial score (nSPS) is 11.5. The molecule has 0 spiro atoms. The third kappa shape index (κ3) is 2.72. The molecule has 0 aliphatic carbocycles. The first-order chi connectivity index (χ1) is 9.00. The van der Waals surface area contributed by atoms with Crippen molar-refractivity contribution >= 4 is 0 Å². The summed E-state index contributed by atoms with van der Waals surface area (Å²) in [7, 11) is 0. The van der Waals surface area contributed by atoms with Gasteiger partial charge < -0.3 is 0 Å². The van der Waals surface area contributed by atoms with Gasteiger partial charge in [0.25, 0.3) is 0 Å². The molecule has 0 unspecified atom stereocenters. The van der Waals surface area contributed by atoms with E-state index in [1.807, 2.05) is 27.7 Å². The average Bonchev–Trinajstić information content (AvgIpc) is 2.68. The molecule has 2 aromatic rings. The Morgan fingerprint density at radius 3 is 2.26 bits per heavy atom. The van der Waals surface area contributed by atoms with Gasteiger partial charge in [-0.1, -0.05) is 13.8 Å². The van der Waals surface area contributed by atoms with Crippen molar-refractivity contribution in [2.75, 3.05) is 0 Å². The Labute approximate surface area is 112 Å². The molecule has 0 saturated carbocycles. The van der Waals surface area contributed by atoms with Crippen LogP contribution in [0.15, 0.2) is 23.5 Å². The lowest BCUT2D eigenvalue weighted by atomic mass is 10.2. The van der Waals surface area contributed by atoms with Crippen molar-refractivity contribution in [2.45, 2.75) is 46.2 Å². The van der Waals surface area contributed by atoms with Gasteiger partial charge in [0.05, 0.1) is 6.54 Å². The zero-order chi connectivity index (χ0) is 14.0. The van der Waals surface area contributed by atoms with Gasteiger partial charge in [-0.3, -0.25) is 4.57 Å². The van der Waals surface area contributed by atoms with E-state index in [9.17, 15) is 4.79 Å². The number of rotatable bonds is 4. The molecule has 0 saturated heterocycles. The van der Waals surface area contributed by atoms with Gasteiger partial charge in [-0.05, 0) is 13.8 Å². The van der Waals surface area contributed by atoms with Gasteiger partial charge in [0.15, 0.2) is 0 Å². The Hall–Kier alpha value is -1.98. The van der Waals surface area contributed by atoms with Gasteiger partial charge >= 0.3 is 5.69 Å². The first-order valence-electron chi connectivity index (χ1n) is 6.43. The van der Waals surface area contributed by atoms with Crippen LogP contribution in [0.25, 0.3) is 0 Å². The highest BCUT2D eigenvalue weighted by Crippen LogP contribution is 2.14. The number of aromatic nitrogens is 5. The molecule has 19 heavy (non-hydrogen) atoms. The molecular weight excluding hydrogens is 242 g/mol. The van der Waals surface area contributed by atoms with Crippen LogP contribution < -0.4 is 5.69 Å². The molecule has 0 N–H and O–H groups in total. The summed E-state index contributed by atoms with van der Waals surface area (Å²) in [6, 6.07) is 0.102. The van der Waals surface area contributed by atoms with E-state index in [2.05, 4.69) is 15.1 Å². The zero-order valence-electron chi connectivity index (χ0n) is 11.7. The minimum atomic E-state index is -0.0810. The largest absolute Gasteiger partial charge is 0.346 e. The maximum atomic E-state index is 12.4. The van der Waals surface area contributed by atoms with Crippen LogP contribution >= 0.6 is 0 Å². The van der Waals surface area contributed by atoms with E-state index in [0.29, 0.717) is 6.54 Å². The topological polar surface area (TPSA) is 65.6 Å². The maximum Gasteiger partial charge on any atom is 0.346 e. The highest BCUT2D eigenvalue weighted by Gasteiger charge is 2.18. The maximum absolute atomic E-state index is 12.4. The molecule has 102 valence electrons. The van der Waals surface area contributed by atoms with E-state index >= 15 is 0 Å². The fraction of sp³-hybridized carbons (Fsp3) is 0.538. The van der Waals surface area contributed by atoms with Crippen molar-refractivity contribution in [1.82, 2.24) is 24.3 Å². The van der Waals surface area contributed by atoms with E-state index in [1.165, 1.54) is 11.0 Å². The molecule has 2 rings (SSSR count). The molecule has 0 amide bonds. The van der Waals surface area contributed by atoms with Crippen molar-refractivity contribution in [3.05, 3.63) is 40.6 Å². The molecule has 0 aliphatic rings. The molecule has 0 fully saturated rings. The van der Waals surface area contributed by atoms with Gasteiger partial charge in [-0.25, -0.2) is 19.4 Å². The summed E-state index contributed by atoms with van der Waals surface area (Å²) in [6.45, 7) is 8.46. The van der Waals surface area contributed by atoms with Crippen LogP contribution in [0, 0.1) is 0 Å². The second kappa shape index (κ2) is 5.34. The fourth-order valence-corrected chi connectivity index (χ4v) is 2.00. The van der Waals surface area contributed by atoms with E-state index in [1.54, 1.807) is 17.0 Å². The average molecular weight is 261 g/mol. The van der Waals surface area contributed by atoms with Crippen LogP contribution in [0.4, 0.5) is 0 Å². The summed E-state index contributed by atoms with van der Waals surface area (Å²) < 4.78 is 3.22. The summed E-state index contributed by atoms with van der Waals surface area (Å²) in [5.74, 6) is 1.03. The van der Waals surface area contributed by atoms with Gasteiger partial charge in [0.2, 0.25) is 0 Å². The first-order valence-corrected chi connectivity index (χ1v) is 6.43. The predicted octanol–water partition coefficient (Wildman–Crippen LogP) is 1.59. The van der Waals surface area contributed by atoms with Gasteiger partial charge in [0.1, 0.15) is 12.2 Å². The quantitative estimate of drug-likeness (QED) is 0.838. The lowest BCUT2D eigenvalue weighted by Gasteiger charge is -2.10. The molecule has 2 heterocycles. The van der Waals surface area contributed by atoms with Crippen molar-refractivity contribution in [1.29, 1.82) is 0 Å². The smallest absolute Gasteiger partial charge is 0.276 e. The summed E-state index contributed by atoms with van der Waals surface area (Å²) in [4.78, 5) is 20.3. The molecule has 6 heteroatoms. The zero-order valence-corrected chi connectivity index (χ0v) is 11.7. The van der Waals surface area contributed by atoms with E-state index in [-0.39, 0.29) is 17.6 Å². The molecule has 2 aromatic heterocycles. The second-order valence-electron chi connectivity index (χ2n) is 5.16. The van der Waals surface area contributed by atoms with E-state index in [0.717, 1.165) is 11.4 Å².